The molecule has 5 aliphatic rings. The van der Waals surface area contributed by atoms with Crippen molar-refractivity contribution in [3.8, 4) is 0 Å². The number of aromatic nitrogens is 2. The summed E-state index contributed by atoms with van der Waals surface area (Å²) < 4.78 is 7.67. The molecule has 2 saturated carbocycles. The largest absolute Gasteiger partial charge is 0.469 e. The molecular weight excluding hydrogens is 472 g/mol. The molecule has 5 fully saturated rings. The van der Waals surface area contributed by atoms with E-state index in [1.807, 2.05) is 0 Å². The van der Waals surface area contributed by atoms with E-state index in [1.54, 1.807) is 0 Å². The molecule has 6 heteroatoms. The average Bonchev–Trinajstić information content (AvgIpc) is 3.30. The van der Waals surface area contributed by atoms with Gasteiger partial charge in [0, 0.05) is 24.2 Å². The molecule has 1 aromatic heterocycles. The molecule has 4 bridgehead atoms. The number of fused-ring (bicyclic) bond motifs is 5. The van der Waals surface area contributed by atoms with Gasteiger partial charge < -0.3 is 9.30 Å². The molecule has 2 aromatic rings. The minimum absolute atomic E-state index is 0.0446. The van der Waals surface area contributed by atoms with Gasteiger partial charge in [0.2, 0.25) is 0 Å². The molecule has 2 aliphatic carbocycles. The topological polar surface area (TPSA) is 50.6 Å². The molecule has 1 aromatic carbocycles. The van der Waals surface area contributed by atoms with Gasteiger partial charge in [-0.1, -0.05) is 37.8 Å². The predicted octanol–water partition coefficient (Wildman–Crippen LogP) is 5.95. The summed E-state index contributed by atoms with van der Waals surface area (Å²) in [6.45, 7) is 2.76. The Balaban J connectivity index is 1.12. The minimum Gasteiger partial charge on any atom is -0.469 e. The van der Waals surface area contributed by atoms with Gasteiger partial charge in [0.15, 0.2) is 0 Å². The van der Waals surface area contributed by atoms with E-state index in [-0.39, 0.29) is 11.9 Å². The number of ether oxygens (including phenoxy) is 1. The van der Waals surface area contributed by atoms with Gasteiger partial charge in [0.1, 0.15) is 5.82 Å². The fourth-order valence-electron chi connectivity index (χ4n) is 9.44. The number of methoxy groups -OCH3 is 1. The second-order valence-corrected chi connectivity index (χ2v) is 13.3. The molecule has 38 heavy (non-hydrogen) atoms. The lowest BCUT2D eigenvalue weighted by atomic mass is 9.68. The number of carbonyl (C=O) groups excluding carboxylic acids is 1. The molecule has 206 valence electrons. The Morgan fingerprint density at radius 2 is 1.53 bits per heavy atom. The lowest BCUT2D eigenvalue weighted by Crippen LogP contribution is -2.58. The van der Waals surface area contributed by atoms with Crippen molar-refractivity contribution in [2.45, 2.75) is 114 Å². The van der Waals surface area contributed by atoms with Crippen LogP contribution in [0.15, 0.2) is 24.3 Å². The number of likely N-dealkylation sites (tertiary alicyclic amines) is 1. The van der Waals surface area contributed by atoms with E-state index in [0.29, 0.717) is 6.04 Å². The Hall–Kier alpha value is -1.92. The van der Waals surface area contributed by atoms with Gasteiger partial charge in [-0.2, -0.15) is 0 Å². The van der Waals surface area contributed by atoms with Crippen molar-refractivity contribution in [2.24, 2.45) is 17.8 Å². The summed E-state index contributed by atoms with van der Waals surface area (Å²) >= 11 is 0. The monoisotopic (exact) mass is 518 g/mol. The van der Waals surface area contributed by atoms with Crippen molar-refractivity contribution in [3.05, 3.63) is 30.1 Å². The third-order valence-corrected chi connectivity index (χ3v) is 11.1. The maximum atomic E-state index is 12.0. The standard InChI is InChI=1S/C32H46N4O2/c1-38-32(37)24-12-14-34(15-13-24)21-31-33-29-10-2-3-11-30(29)36(31)28-19-25-8-5-9-26(20-28)35(25)27-17-22-6-4-7-23(16-22)18-27/h2-3,10-11,22-28H,4-9,12-21H2,1H3/t22-,23+,25-,26+,27+,28+. The number of carbonyl (C=O) groups is 1. The molecule has 3 aliphatic heterocycles. The van der Waals surface area contributed by atoms with Crippen LogP contribution in [0, 0.1) is 17.8 Å². The summed E-state index contributed by atoms with van der Waals surface area (Å²) in [6, 6.07) is 11.6. The number of rotatable bonds is 5. The Bertz CT molecular complexity index is 1110. The van der Waals surface area contributed by atoms with E-state index in [9.17, 15) is 4.79 Å². The zero-order chi connectivity index (χ0) is 25.6. The molecule has 4 heterocycles. The predicted molar refractivity (Wildman–Crippen MR) is 150 cm³/mol. The van der Waals surface area contributed by atoms with Crippen LogP contribution in [0.3, 0.4) is 0 Å². The highest BCUT2D eigenvalue weighted by Gasteiger charge is 2.45. The van der Waals surface area contributed by atoms with Gasteiger partial charge in [-0.3, -0.25) is 14.6 Å². The van der Waals surface area contributed by atoms with Gasteiger partial charge in [0.25, 0.3) is 0 Å². The van der Waals surface area contributed by atoms with Crippen molar-refractivity contribution >= 4 is 17.0 Å². The quantitative estimate of drug-likeness (QED) is 0.458. The van der Waals surface area contributed by atoms with Crippen LogP contribution in [0.4, 0.5) is 0 Å². The number of esters is 1. The number of hydrogen-bond donors (Lipinski definition) is 0. The van der Waals surface area contributed by atoms with E-state index >= 15 is 0 Å². The molecule has 3 saturated heterocycles. The van der Waals surface area contributed by atoms with E-state index in [2.05, 4.69) is 38.6 Å². The first kappa shape index (κ1) is 25.1. The van der Waals surface area contributed by atoms with Crippen molar-refractivity contribution in [3.63, 3.8) is 0 Å². The Morgan fingerprint density at radius 1 is 0.842 bits per heavy atom. The van der Waals surface area contributed by atoms with Gasteiger partial charge in [0.05, 0.1) is 30.6 Å². The van der Waals surface area contributed by atoms with Crippen LogP contribution >= 0.6 is 0 Å². The first-order valence-electron chi connectivity index (χ1n) is 15.7. The van der Waals surface area contributed by atoms with Crippen molar-refractivity contribution in [1.29, 1.82) is 0 Å². The molecule has 0 unspecified atom stereocenters. The number of piperidine rings is 3. The molecule has 6 atom stereocenters. The van der Waals surface area contributed by atoms with E-state index in [1.165, 1.54) is 89.1 Å². The molecular formula is C32H46N4O2. The average molecular weight is 519 g/mol. The smallest absolute Gasteiger partial charge is 0.308 e. The highest BCUT2D eigenvalue weighted by molar-refractivity contribution is 5.76. The van der Waals surface area contributed by atoms with Crippen molar-refractivity contribution in [1.82, 2.24) is 19.4 Å². The van der Waals surface area contributed by atoms with Gasteiger partial charge in [-0.05, 0) is 94.8 Å². The van der Waals surface area contributed by atoms with E-state index < -0.39 is 0 Å². The number of para-hydroxylation sites is 2. The Kier molecular flexibility index (Phi) is 6.98. The summed E-state index contributed by atoms with van der Waals surface area (Å²) in [7, 11) is 1.51. The SMILES string of the molecule is COC(=O)C1CCN(Cc2nc3ccccc3n2[C@H]2C[C@H]3CCC[C@@H](C2)N3[C@H]2C[C@@H]3CCC[C@@H](C3)C2)CC1. The zero-order valence-corrected chi connectivity index (χ0v) is 23.3. The summed E-state index contributed by atoms with van der Waals surface area (Å²) in [5.74, 6) is 3.23. The summed E-state index contributed by atoms with van der Waals surface area (Å²) in [4.78, 5) is 22.8. The van der Waals surface area contributed by atoms with Crippen LogP contribution in [0.25, 0.3) is 11.0 Å². The maximum Gasteiger partial charge on any atom is 0.308 e. The second-order valence-electron chi connectivity index (χ2n) is 13.3. The summed E-state index contributed by atoms with van der Waals surface area (Å²) in [5.41, 5.74) is 2.45. The summed E-state index contributed by atoms with van der Waals surface area (Å²) in [5, 5.41) is 0. The van der Waals surface area contributed by atoms with Crippen LogP contribution in [0.5, 0.6) is 0 Å². The molecule has 7 rings (SSSR count). The molecule has 6 nitrogen and oxygen atoms in total. The van der Waals surface area contributed by atoms with E-state index in [4.69, 9.17) is 9.72 Å². The Morgan fingerprint density at radius 3 is 2.24 bits per heavy atom. The Labute approximate surface area is 228 Å². The number of nitrogens with zero attached hydrogens (tertiary/aromatic N) is 4. The van der Waals surface area contributed by atoms with Gasteiger partial charge in [-0.15, -0.1) is 0 Å². The van der Waals surface area contributed by atoms with Crippen LogP contribution < -0.4 is 0 Å². The van der Waals surface area contributed by atoms with Crippen molar-refractivity contribution in [2.75, 3.05) is 20.2 Å². The van der Waals surface area contributed by atoms with Gasteiger partial charge in [-0.25, -0.2) is 4.98 Å². The number of benzene rings is 1. The second kappa shape index (κ2) is 10.6. The zero-order valence-electron chi connectivity index (χ0n) is 23.3. The van der Waals surface area contributed by atoms with E-state index in [0.717, 1.165) is 68.0 Å². The fourth-order valence-corrected chi connectivity index (χ4v) is 9.44. The van der Waals surface area contributed by atoms with Crippen molar-refractivity contribution < 1.29 is 9.53 Å². The third-order valence-electron chi connectivity index (χ3n) is 11.1. The first-order chi connectivity index (χ1) is 18.7. The molecule has 0 amide bonds. The molecule has 0 spiro atoms. The summed E-state index contributed by atoms with van der Waals surface area (Å²) in [6.07, 6.45) is 17.4. The lowest BCUT2D eigenvalue weighted by Gasteiger charge is -2.55. The normalized spacial score (nSPS) is 34.9. The number of hydrogen-bond acceptors (Lipinski definition) is 5. The first-order valence-corrected chi connectivity index (χ1v) is 15.7. The number of imidazole rings is 1. The van der Waals surface area contributed by atoms with Crippen LogP contribution in [-0.4, -0.2) is 63.6 Å². The van der Waals surface area contributed by atoms with Crippen LogP contribution in [0.1, 0.15) is 95.3 Å². The van der Waals surface area contributed by atoms with Crippen LogP contribution in [0.2, 0.25) is 0 Å². The highest BCUT2D eigenvalue weighted by atomic mass is 16.5. The maximum absolute atomic E-state index is 12.0. The van der Waals surface area contributed by atoms with Gasteiger partial charge >= 0.3 is 5.97 Å². The van der Waals surface area contributed by atoms with Crippen LogP contribution in [-0.2, 0) is 16.1 Å². The highest BCUT2D eigenvalue weighted by Crippen LogP contribution is 2.48. The lowest BCUT2D eigenvalue weighted by molar-refractivity contribution is -0.147. The minimum atomic E-state index is -0.0446. The fraction of sp³-hybridized carbons (Fsp3) is 0.750. The molecule has 0 radical (unpaired) electrons. The third kappa shape index (κ3) is 4.70. The molecule has 0 N–H and O–H groups in total.